The fourth-order valence-electron chi connectivity index (χ4n) is 1.62. The quantitative estimate of drug-likeness (QED) is 0.910. The molecule has 0 fully saturated rings. The van der Waals surface area contributed by atoms with Crippen LogP contribution in [-0.4, -0.2) is 0 Å². The van der Waals surface area contributed by atoms with Gasteiger partial charge in [-0.05, 0) is 18.2 Å². The lowest BCUT2D eigenvalue weighted by molar-refractivity contribution is 0.588. The highest BCUT2D eigenvalue weighted by Crippen LogP contribution is 2.34. The molecule has 0 saturated carbocycles. The number of nitriles is 2. The van der Waals surface area contributed by atoms with Crippen molar-refractivity contribution in [3.8, 4) is 12.1 Å². The number of hydrogen-bond donors (Lipinski definition) is 2. The molecule has 7 heteroatoms. The molecule has 0 bridgehead atoms. The van der Waals surface area contributed by atoms with E-state index in [1.807, 2.05) is 12.1 Å². The third kappa shape index (κ3) is 2.53. The first-order chi connectivity index (χ1) is 9.56. The predicted molar refractivity (Wildman–Crippen MR) is 71.8 cm³/mol. The van der Waals surface area contributed by atoms with E-state index in [1.165, 1.54) is 0 Å². The summed E-state index contributed by atoms with van der Waals surface area (Å²) in [5.41, 5.74) is 6.01. The number of hydrogen-bond acceptors (Lipinski definition) is 5. The summed E-state index contributed by atoms with van der Waals surface area (Å²) in [4.78, 5) is 0.212. The van der Waals surface area contributed by atoms with Gasteiger partial charge in [0.05, 0.1) is 5.69 Å². The van der Waals surface area contributed by atoms with Crippen LogP contribution in [0, 0.1) is 34.3 Å². The van der Waals surface area contributed by atoms with Crippen molar-refractivity contribution in [3.05, 3.63) is 45.8 Å². The van der Waals surface area contributed by atoms with Crippen LogP contribution in [0.2, 0.25) is 0 Å². The second-order valence-electron chi connectivity index (χ2n) is 3.86. The van der Waals surface area contributed by atoms with Crippen LogP contribution in [0.3, 0.4) is 0 Å². The Balaban J connectivity index is 2.26. The molecule has 4 nitrogen and oxygen atoms in total. The average molecular weight is 290 g/mol. The highest BCUT2D eigenvalue weighted by Gasteiger charge is 2.15. The average Bonchev–Trinajstić information content (AvgIpc) is 2.75. The lowest BCUT2D eigenvalue weighted by atomic mass is 10.2. The van der Waals surface area contributed by atoms with Crippen LogP contribution in [0.15, 0.2) is 18.2 Å². The number of nitrogens with zero attached hydrogens (tertiary/aromatic N) is 2. The van der Waals surface area contributed by atoms with Gasteiger partial charge in [-0.25, -0.2) is 8.78 Å². The first kappa shape index (κ1) is 13.8. The standard InChI is InChI=1S/C13H8F2N4S/c14-8-1-2-10(15)7(3-8)6-19-13-9(4-16)12(18)11(5-17)20-13/h1-3,19H,6,18H2. The Hall–Kier alpha value is -2.64. The van der Waals surface area contributed by atoms with Gasteiger partial charge in [0.1, 0.15) is 39.2 Å². The maximum atomic E-state index is 13.5. The van der Waals surface area contributed by atoms with Crippen molar-refractivity contribution in [1.29, 1.82) is 10.5 Å². The van der Waals surface area contributed by atoms with E-state index in [2.05, 4.69) is 5.32 Å². The molecule has 1 aromatic carbocycles. The monoisotopic (exact) mass is 290 g/mol. The second-order valence-corrected chi connectivity index (χ2v) is 4.88. The van der Waals surface area contributed by atoms with E-state index in [-0.39, 0.29) is 28.2 Å². The van der Waals surface area contributed by atoms with Gasteiger partial charge in [-0.15, -0.1) is 11.3 Å². The summed E-state index contributed by atoms with van der Waals surface area (Å²) in [6.07, 6.45) is 0. The molecule has 3 N–H and O–H groups in total. The molecular formula is C13H8F2N4S. The summed E-state index contributed by atoms with van der Waals surface area (Å²) in [5, 5.41) is 21.0. The molecular weight excluding hydrogens is 282 g/mol. The van der Waals surface area contributed by atoms with Gasteiger partial charge in [0.15, 0.2) is 0 Å². The zero-order chi connectivity index (χ0) is 14.7. The van der Waals surface area contributed by atoms with E-state index < -0.39 is 11.6 Å². The molecule has 0 amide bonds. The normalized spacial score (nSPS) is 9.80. The zero-order valence-electron chi connectivity index (χ0n) is 10.1. The smallest absolute Gasteiger partial charge is 0.131 e. The van der Waals surface area contributed by atoms with Crippen molar-refractivity contribution in [1.82, 2.24) is 0 Å². The van der Waals surface area contributed by atoms with Gasteiger partial charge in [0.2, 0.25) is 0 Å². The Morgan fingerprint density at radius 2 is 2.00 bits per heavy atom. The largest absolute Gasteiger partial charge is 0.396 e. The Kier molecular flexibility index (Phi) is 3.83. The zero-order valence-corrected chi connectivity index (χ0v) is 10.9. The first-order valence-electron chi connectivity index (χ1n) is 5.47. The van der Waals surface area contributed by atoms with E-state index >= 15 is 0 Å². The van der Waals surface area contributed by atoms with Crippen molar-refractivity contribution in [2.24, 2.45) is 0 Å². The van der Waals surface area contributed by atoms with Crippen LogP contribution in [0.5, 0.6) is 0 Å². The van der Waals surface area contributed by atoms with E-state index in [4.69, 9.17) is 16.3 Å². The number of nitrogen functional groups attached to an aromatic ring is 1. The summed E-state index contributed by atoms with van der Waals surface area (Å²) >= 11 is 1.00. The number of halogens is 2. The molecule has 0 unspecified atom stereocenters. The summed E-state index contributed by atoms with van der Waals surface area (Å²) in [7, 11) is 0. The fraction of sp³-hybridized carbons (Fsp3) is 0.0769. The van der Waals surface area contributed by atoms with Crippen molar-refractivity contribution in [3.63, 3.8) is 0 Å². The summed E-state index contributed by atoms with van der Waals surface area (Å²) in [6.45, 7) is -0.0108. The van der Waals surface area contributed by atoms with Gasteiger partial charge in [-0.1, -0.05) is 0 Å². The van der Waals surface area contributed by atoms with E-state index in [1.54, 1.807) is 0 Å². The molecule has 0 atom stereocenters. The van der Waals surface area contributed by atoms with Gasteiger partial charge < -0.3 is 11.1 Å². The van der Waals surface area contributed by atoms with Crippen LogP contribution in [0.4, 0.5) is 19.5 Å². The van der Waals surface area contributed by atoms with Crippen molar-refractivity contribution >= 4 is 22.0 Å². The van der Waals surface area contributed by atoms with Crippen LogP contribution < -0.4 is 11.1 Å². The summed E-state index contributed by atoms with van der Waals surface area (Å²) in [6, 6.07) is 6.88. The molecule has 0 radical (unpaired) electrons. The first-order valence-corrected chi connectivity index (χ1v) is 6.28. The van der Waals surface area contributed by atoms with Gasteiger partial charge >= 0.3 is 0 Å². The predicted octanol–water partition coefficient (Wildman–Crippen LogP) is 2.96. The van der Waals surface area contributed by atoms with E-state index in [0.29, 0.717) is 5.00 Å². The molecule has 0 aliphatic carbocycles. The maximum absolute atomic E-state index is 13.5. The number of benzene rings is 1. The van der Waals surface area contributed by atoms with E-state index in [9.17, 15) is 8.78 Å². The molecule has 2 rings (SSSR count). The lowest BCUT2D eigenvalue weighted by Gasteiger charge is -2.06. The van der Waals surface area contributed by atoms with Crippen molar-refractivity contribution in [2.75, 3.05) is 11.1 Å². The number of nitrogens with one attached hydrogen (secondary N) is 1. The summed E-state index contributed by atoms with van der Waals surface area (Å²) in [5.74, 6) is -1.10. The molecule has 20 heavy (non-hydrogen) atoms. The van der Waals surface area contributed by atoms with Crippen LogP contribution in [0.25, 0.3) is 0 Å². The van der Waals surface area contributed by atoms with Crippen molar-refractivity contribution in [2.45, 2.75) is 6.54 Å². The minimum atomic E-state index is -0.553. The Morgan fingerprint density at radius 3 is 2.65 bits per heavy atom. The topological polar surface area (TPSA) is 85.6 Å². The van der Waals surface area contributed by atoms with Crippen molar-refractivity contribution < 1.29 is 8.78 Å². The maximum Gasteiger partial charge on any atom is 0.131 e. The Morgan fingerprint density at radius 1 is 1.25 bits per heavy atom. The fourth-order valence-corrected chi connectivity index (χ4v) is 2.48. The molecule has 100 valence electrons. The molecule has 1 aromatic heterocycles. The minimum Gasteiger partial charge on any atom is -0.396 e. The molecule has 1 heterocycles. The van der Waals surface area contributed by atoms with Gasteiger partial charge in [-0.2, -0.15) is 10.5 Å². The molecule has 2 aromatic rings. The number of nitrogens with two attached hydrogens (primary N) is 1. The second kappa shape index (κ2) is 5.55. The minimum absolute atomic E-state index is 0.0108. The number of thiophene rings is 1. The van der Waals surface area contributed by atoms with Crippen LogP contribution in [0.1, 0.15) is 16.0 Å². The highest BCUT2D eigenvalue weighted by atomic mass is 32.1. The molecule has 0 aliphatic rings. The number of rotatable bonds is 3. The van der Waals surface area contributed by atoms with Crippen LogP contribution >= 0.6 is 11.3 Å². The lowest BCUT2D eigenvalue weighted by Crippen LogP contribution is -2.02. The third-order valence-electron chi connectivity index (χ3n) is 2.61. The van der Waals surface area contributed by atoms with Crippen LogP contribution in [-0.2, 0) is 6.54 Å². The molecule has 0 spiro atoms. The van der Waals surface area contributed by atoms with Gasteiger partial charge in [0, 0.05) is 12.1 Å². The van der Waals surface area contributed by atoms with Gasteiger partial charge in [0.25, 0.3) is 0 Å². The molecule has 0 aliphatic heterocycles. The van der Waals surface area contributed by atoms with E-state index in [0.717, 1.165) is 29.5 Å². The highest BCUT2D eigenvalue weighted by molar-refractivity contribution is 7.17. The number of anilines is 2. The molecule has 0 saturated heterocycles. The third-order valence-corrected chi connectivity index (χ3v) is 3.67. The Labute approximate surface area is 117 Å². The Bertz CT molecular complexity index is 740. The SMILES string of the molecule is N#Cc1sc(NCc2cc(F)ccc2F)c(C#N)c1N. The summed E-state index contributed by atoms with van der Waals surface area (Å²) < 4.78 is 26.5. The van der Waals surface area contributed by atoms with Gasteiger partial charge in [-0.3, -0.25) is 0 Å².